The fraction of sp³-hybridized carbons (Fsp3) is 0.500. The number of anilines is 2. The van der Waals surface area contributed by atoms with Gasteiger partial charge < -0.3 is 15.0 Å². The molecule has 2 aliphatic heterocycles. The molecule has 5 heterocycles. The summed E-state index contributed by atoms with van der Waals surface area (Å²) < 4.78 is 77.3. The van der Waals surface area contributed by atoms with Crippen molar-refractivity contribution >= 4 is 21.7 Å². The molecule has 6 rings (SSSR count). The minimum atomic E-state index is -4.46. The quantitative estimate of drug-likeness (QED) is 0.208. The Bertz CT molecular complexity index is 1930. The zero-order chi connectivity index (χ0) is 36.3. The molecule has 0 spiro atoms. The predicted molar refractivity (Wildman–Crippen MR) is 190 cm³/mol. The summed E-state index contributed by atoms with van der Waals surface area (Å²) in [7, 11) is -4.18. The van der Waals surface area contributed by atoms with Gasteiger partial charge in [0.05, 0.1) is 11.6 Å². The summed E-state index contributed by atoms with van der Waals surface area (Å²) in [6.45, 7) is 6.25. The highest BCUT2D eigenvalue weighted by Crippen LogP contribution is 2.38. The lowest BCUT2D eigenvalue weighted by atomic mass is 9.94. The largest absolute Gasteiger partial charge is 0.476 e. The molecule has 2 N–H and O–H groups in total. The first kappa shape index (κ1) is 36.5. The second-order valence-corrected chi connectivity index (χ2v) is 15.9. The minimum absolute atomic E-state index is 0.0164. The zero-order valence-electron chi connectivity index (χ0n) is 29.2. The number of pyridine rings is 1. The maximum absolute atomic E-state index is 13.8. The molecule has 0 saturated carbocycles. The number of hydrogen-bond acceptors (Lipinski definition) is 9. The molecule has 4 bridgehead atoms. The van der Waals surface area contributed by atoms with Crippen LogP contribution >= 0.6 is 0 Å². The zero-order valence-corrected chi connectivity index (χ0v) is 30.0. The number of sulfonamides is 1. The molecule has 4 aromatic rings. The van der Waals surface area contributed by atoms with Gasteiger partial charge in [-0.3, -0.25) is 4.72 Å². The Morgan fingerprint density at radius 1 is 0.980 bits per heavy atom. The number of halogens is 3. The first-order chi connectivity index (χ1) is 24.2. The molecule has 1 unspecified atom stereocenters. The predicted octanol–water partition coefficient (Wildman–Crippen LogP) is 6.95. The van der Waals surface area contributed by atoms with E-state index in [0.717, 1.165) is 96.0 Å². The molecule has 1 saturated heterocycles. The highest BCUT2D eigenvalue weighted by Gasteiger charge is 2.48. The second-order valence-electron chi connectivity index (χ2n) is 14.3. The van der Waals surface area contributed by atoms with Gasteiger partial charge in [0, 0.05) is 36.5 Å². The normalized spacial score (nSPS) is 19.9. The Labute approximate surface area is 297 Å². The van der Waals surface area contributed by atoms with Gasteiger partial charge in [-0.15, -0.1) is 5.10 Å². The molecular weight excluding hydrogens is 682 g/mol. The Balaban J connectivity index is 1.34. The van der Waals surface area contributed by atoms with Crippen LogP contribution in [0.15, 0.2) is 66.0 Å². The van der Waals surface area contributed by atoms with E-state index < -0.39 is 28.2 Å². The monoisotopic (exact) mass is 726 g/mol. The van der Waals surface area contributed by atoms with Crippen molar-refractivity contribution in [1.82, 2.24) is 30.0 Å². The summed E-state index contributed by atoms with van der Waals surface area (Å²) >= 11 is 0. The maximum Gasteiger partial charge on any atom is 0.397 e. The van der Waals surface area contributed by atoms with Crippen LogP contribution in [-0.4, -0.2) is 71.1 Å². The summed E-state index contributed by atoms with van der Waals surface area (Å²) in [5.41, 5.74) is 0.0461. The van der Waals surface area contributed by atoms with E-state index in [0.29, 0.717) is 11.5 Å². The van der Waals surface area contributed by atoms with Crippen molar-refractivity contribution in [3.8, 4) is 23.0 Å². The second kappa shape index (κ2) is 14.8. The molecule has 0 amide bonds. The third-order valence-electron chi connectivity index (χ3n) is 9.72. The van der Waals surface area contributed by atoms with E-state index in [1.165, 1.54) is 29.2 Å². The number of nitrogens with one attached hydrogen (secondary N) is 2. The number of rotatable bonds is 7. The third-order valence-corrected chi connectivity index (χ3v) is 11.0. The first-order valence-electron chi connectivity index (χ1n) is 17.4. The van der Waals surface area contributed by atoms with Gasteiger partial charge in [0.1, 0.15) is 18.1 Å². The van der Waals surface area contributed by atoms with E-state index in [2.05, 4.69) is 36.9 Å². The molecule has 2 aliphatic rings. The summed E-state index contributed by atoms with van der Waals surface area (Å²) in [6, 6.07) is 14.2. The van der Waals surface area contributed by atoms with Crippen molar-refractivity contribution in [2.75, 3.05) is 35.9 Å². The fourth-order valence-corrected chi connectivity index (χ4v) is 7.32. The standard InChI is InChI=1S/C36H45F3N8O3S/c1-34(2,36(37,38)39)25-50-30-17-22-47(44-30)33-32-27-14-8-7-13-26(27)12-6-4-5-9-21-46(23-19-35(3)18-11-20-41-35)29-15-10-16-31(43-29)51(48,49)45-28(42-32)24-40-33/h7-8,10,13-17,22,24,41H,4-6,9,11-12,18-21,23,25H2,1-3H3,(H,42,45). The Hall–Kier alpha value is -4.24. The number of fused-ring (bicyclic) bond motifs is 6. The van der Waals surface area contributed by atoms with Crippen LogP contribution in [-0.2, 0) is 16.4 Å². The molecule has 15 heteroatoms. The van der Waals surface area contributed by atoms with Gasteiger partial charge in [-0.05, 0) is 83.5 Å². The van der Waals surface area contributed by atoms with E-state index >= 15 is 0 Å². The molecule has 11 nitrogen and oxygen atoms in total. The van der Waals surface area contributed by atoms with E-state index in [1.807, 2.05) is 30.3 Å². The Kier molecular flexibility index (Phi) is 10.6. The van der Waals surface area contributed by atoms with Gasteiger partial charge in [0.2, 0.25) is 5.88 Å². The van der Waals surface area contributed by atoms with Crippen LogP contribution in [0.2, 0.25) is 0 Å². The molecule has 51 heavy (non-hydrogen) atoms. The molecule has 274 valence electrons. The summed E-state index contributed by atoms with van der Waals surface area (Å²) in [5, 5.41) is 7.84. The van der Waals surface area contributed by atoms with Crippen LogP contribution in [0, 0.1) is 5.41 Å². The topological polar surface area (TPSA) is 127 Å². The number of alkyl halides is 3. The lowest BCUT2D eigenvalue weighted by molar-refractivity contribution is -0.219. The number of aromatic nitrogens is 5. The lowest BCUT2D eigenvalue weighted by Crippen LogP contribution is -2.40. The molecular formula is C36H45F3N8O3S. The first-order valence-corrected chi connectivity index (χ1v) is 18.9. The Morgan fingerprint density at radius 2 is 1.78 bits per heavy atom. The molecule has 3 aromatic heterocycles. The van der Waals surface area contributed by atoms with Crippen molar-refractivity contribution in [2.24, 2.45) is 5.41 Å². The van der Waals surface area contributed by atoms with Crippen LogP contribution in [0.1, 0.15) is 71.3 Å². The van der Waals surface area contributed by atoms with Crippen molar-refractivity contribution < 1.29 is 26.3 Å². The highest BCUT2D eigenvalue weighted by atomic mass is 32.2. The maximum atomic E-state index is 13.8. The van der Waals surface area contributed by atoms with Crippen molar-refractivity contribution in [3.05, 3.63) is 66.5 Å². The van der Waals surface area contributed by atoms with Gasteiger partial charge >= 0.3 is 6.18 Å². The van der Waals surface area contributed by atoms with Crippen molar-refractivity contribution in [2.45, 2.75) is 88.9 Å². The number of aryl methyl sites for hydroxylation is 1. The number of hydrogen-bond donors (Lipinski definition) is 2. The van der Waals surface area contributed by atoms with Gasteiger partial charge in [0.15, 0.2) is 16.7 Å². The van der Waals surface area contributed by atoms with Crippen LogP contribution in [0.25, 0.3) is 17.1 Å². The van der Waals surface area contributed by atoms with E-state index in [9.17, 15) is 21.6 Å². The van der Waals surface area contributed by atoms with Crippen LogP contribution in [0.3, 0.4) is 0 Å². The molecule has 1 fully saturated rings. The third kappa shape index (κ3) is 8.63. The van der Waals surface area contributed by atoms with Crippen LogP contribution in [0.4, 0.5) is 24.8 Å². The van der Waals surface area contributed by atoms with Crippen molar-refractivity contribution in [1.29, 1.82) is 0 Å². The van der Waals surface area contributed by atoms with Gasteiger partial charge in [-0.2, -0.15) is 21.6 Å². The highest BCUT2D eigenvalue weighted by molar-refractivity contribution is 7.92. The number of nitrogens with zero attached hydrogens (tertiary/aromatic N) is 6. The summed E-state index contributed by atoms with van der Waals surface area (Å²) in [6.07, 6.45) is 6.12. The van der Waals surface area contributed by atoms with Gasteiger partial charge in [-0.25, -0.2) is 19.6 Å². The molecule has 1 atom stereocenters. The Morgan fingerprint density at radius 3 is 2.57 bits per heavy atom. The van der Waals surface area contributed by atoms with Gasteiger partial charge in [0.25, 0.3) is 10.0 Å². The van der Waals surface area contributed by atoms with Crippen LogP contribution in [0.5, 0.6) is 5.88 Å². The van der Waals surface area contributed by atoms with E-state index in [-0.39, 0.29) is 28.1 Å². The number of ether oxygens (including phenoxy) is 1. The summed E-state index contributed by atoms with van der Waals surface area (Å²) in [5.74, 6) is 0.827. The number of benzene rings is 1. The van der Waals surface area contributed by atoms with Crippen molar-refractivity contribution in [3.63, 3.8) is 0 Å². The van der Waals surface area contributed by atoms with E-state index in [1.54, 1.807) is 6.07 Å². The average molecular weight is 727 g/mol. The van der Waals surface area contributed by atoms with Crippen LogP contribution < -0.4 is 19.7 Å². The summed E-state index contributed by atoms with van der Waals surface area (Å²) in [4.78, 5) is 16.1. The SMILES string of the molecule is CC1(CCN2CCCCCCc3ccccc3-c3nc(cnc3-n3ccc(OCC(C)(C)C(F)(F)F)n3)NS(=O)(=O)c3cccc2n3)CCCN1. The molecule has 1 aromatic carbocycles. The lowest BCUT2D eigenvalue weighted by Gasteiger charge is -2.30. The molecule has 0 aliphatic carbocycles. The van der Waals surface area contributed by atoms with E-state index in [4.69, 9.17) is 9.72 Å². The van der Waals surface area contributed by atoms with Gasteiger partial charge in [-0.1, -0.05) is 43.2 Å². The minimum Gasteiger partial charge on any atom is -0.476 e. The average Bonchev–Trinajstić information content (AvgIpc) is 3.75. The molecule has 0 radical (unpaired) electrons. The smallest absolute Gasteiger partial charge is 0.397 e. The fourth-order valence-electron chi connectivity index (χ4n) is 6.37.